The summed E-state index contributed by atoms with van der Waals surface area (Å²) >= 11 is 1.46. The molecule has 0 saturated heterocycles. The second-order valence-corrected chi connectivity index (χ2v) is 6.29. The maximum absolute atomic E-state index is 12.3. The zero-order chi connectivity index (χ0) is 17.6. The van der Waals surface area contributed by atoms with E-state index in [2.05, 4.69) is 11.6 Å². The summed E-state index contributed by atoms with van der Waals surface area (Å²) in [7, 11) is 1.63. The van der Waals surface area contributed by atoms with E-state index in [1.165, 1.54) is 17.4 Å². The molecule has 0 bridgehead atoms. The van der Waals surface area contributed by atoms with Crippen molar-refractivity contribution in [2.75, 3.05) is 7.11 Å². The van der Waals surface area contributed by atoms with Crippen molar-refractivity contribution in [3.63, 3.8) is 0 Å². The summed E-state index contributed by atoms with van der Waals surface area (Å²) in [6.07, 6.45) is 5.02. The molecule has 0 saturated carbocycles. The van der Waals surface area contributed by atoms with Crippen LogP contribution in [0.25, 0.3) is 16.3 Å². The smallest absolute Gasteiger partial charge is 0.272 e. The minimum atomic E-state index is -0.299. The number of hydrogen-bond acceptors (Lipinski definition) is 3. The van der Waals surface area contributed by atoms with Gasteiger partial charge in [-0.15, -0.1) is 6.58 Å². The first-order chi connectivity index (χ1) is 12.2. The van der Waals surface area contributed by atoms with Crippen LogP contribution < -0.4 is 9.54 Å². The van der Waals surface area contributed by atoms with E-state index in [1.807, 2.05) is 53.1 Å². The van der Waals surface area contributed by atoms with Crippen molar-refractivity contribution in [1.82, 2.24) is 4.57 Å². The van der Waals surface area contributed by atoms with E-state index in [9.17, 15) is 4.79 Å². The van der Waals surface area contributed by atoms with Gasteiger partial charge in [0.25, 0.3) is 5.91 Å². The first-order valence-corrected chi connectivity index (χ1v) is 8.63. The van der Waals surface area contributed by atoms with Crippen molar-refractivity contribution in [3.8, 4) is 5.75 Å². The zero-order valence-corrected chi connectivity index (χ0v) is 14.7. The molecule has 0 unspecified atom stereocenters. The topological polar surface area (TPSA) is 43.6 Å². The van der Waals surface area contributed by atoms with Crippen molar-refractivity contribution in [2.24, 2.45) is 4.99 Å². The number of carbonyl (C=O) groups is 1. The fraction of sp³-hybridized carbons (Fsp3) is 0.100. The molecule has 3 aromatic rings. The molecule has 25 heavy (non-hydrogen) atoms. The predicted octanol–water partition coefficient (Wildman–Crippen LogP) is 4.04. The van der Waals surface area contributed by atoms with Gasteiger partial charge in [0.15, 0.2) is 4.80 Å². The molecule has 126 valence electrons. The lowest BCUT2D eigenvalue weighted by atomic mass is 10.2. The average molecular weight is 350 g/mol. The van der Waals surface area contributed by atoms with E-state index in [1.54, 1.807) is 19.3 Å². The number of amides is 1. The summed E-state index contributed by atoms with van der Waals surface area (Å²) in [4.78, 5) is 17.1. The number of methoxy groups -OCH3 is 1. The summed E-state index contributed by atoms with van der Waals surface area (Å²) in [5.74, 6) is 0.455. The van der Waals surface area contributed by atoms with Crippen LogP contribution in [0.15, 0.2) is 72.3 Å². The Morgan fingerprint density at radius 2 is 2.04 bits per heavy atom. The quantitative estimate of drug-likeness (QED) is 0.515. The van der Waals surface area contributed by atoms with Crippen LogP contribution in [0.1, 0.15) is 5.56 Å². The van der Waals surface area contributed by atoms with Crippen molar-refractivity contribution in [2.45, 2.75) is 6.54 Å². The highest BCUT2D eigenvalue weighted by molar-refractivity contribution is 7.16. The van der Waals surface area contributed by atoms with Crippen LogP contribution in [0.3, 0.4) is 0 Å². The summed E-state index contributed by atoms with van der Waals surface area (Å²) in [6.45, 7) is 4.35. The van der Waals surface area contributed by atoms with Crippen LogP contribution >= 0.6 is 11.3 Å². The van der Waals surface area contributed by atoms with Crippen LogP contribution in [-0.4, -0.2) is 17.6 Å². The van der Waals surface area contributed by atoms with Gasteiger partial charge in [-0.25, -0.2) is 0 Å². The van der Waals surface area contributed by atoms with Crippen LogP contribution in [0, 0.1) is 0 Å². The van der Waals surface area contributed by atoms with Gasteiger partial charge >= 0.3 is 0 Å². The Labute approximate surface area is 150 Å². The number of hydrogen-bond donors (Lipinski definition) is 0. The lowest BCUT2D eigenvalue weighted by Gasteiger charge is -2.05. The number of allylic oxidation sites excluding steroid dienone is 1. The maximum atomic E-state index is 12.3. The second kappa shape index (κ2) is 7.77. The predicted molar refractivity (Wildman–Crippen MR) is 103 cm³/mol. The van der Waals surface area contributed by atoms with Gasteiger partial charge in [0, 0.05) is 12.6 Å². The standard InChI is InChI=1S/C20H18N2O2S/c1-3-14-22-19-16(24-2)10-7-11-17(19)25-20(22)21-18(23)13-12-15-8-5-4-6-9-15/h3-13H,1,14H2,2H3/b13-12+,21-20?. The minimum absolute atomic E-state index is 0.299. The zero-order valence-electron chi connectivity index (χ0n) is 13.9. The third kappa shape index (κ3) is 3.78. The monoisotopic (exact) mass is 350 g/mol. The Morgan fingerprint density at radius 3 is 2.76 bits per heavy atom. The van der Waals surface area contributed by atoms with Gasteiger partial charge in [0.2, 0.25) is 0 Å². The number of carbonyl (C=O) groups excluding carboxylic acids is 1. The Hall–Kier alpha value is -2.92. The number of thiazole rings is 1. The Morgan fingerprint density at radius 1 is 1.24 bits per heavy atom. The molecule has 0 radical (unpaired) electrons. The molecule has 0 aliphatic carbocycles. The summed E-state index contributed by atoms with van der Waals surface area (Å²) in [6, 6.07) is 15.5. The normalized spacial score (nSPS) is 12.0. The average Bonchev–Trinajstić information content (AvgIpc) is 2.98. The van der Waals surface area contributed by atoms with Gasteiger partial charge < -0.3 is 9.30 Å². The van der Waals surface area contributed by atoms with Crippen LogP contribution in [0.2, 0.25) is 0 Å². The Bertz CT molecular complexity index is 997. The van der Waals surface area contributed by atoms with E-state index in [-0.39, 0.29) is 5.91 Å². The Balaban J connectivity index is 2.03. The van der Waals surface area contributed by atoms with E-state index in [0.717, 1.165) is 21.5 Å². The number of aromatic nitrogens is 1. The van der Waals surface area contributed by atoms with E-state index in [4.69, 9.17) is 4.74 Å². The fourth-order valence-corrected chi connectivity index (χ4v) is 3.57. The molecule has 1 aromatic heterocycles. The molecule has 0 aliphatic heterocycles. The van der Waals surface area contributed by atoms with Crippen molar-refractivity contribution < 1.29 is 9.53 Å². The highest BCUT2D eigenvalue weighted by atomic mass is 32.1. The van der Waals surface area contributed by atoms with Gasteiger partial charge in [-0.1, -0.05) is 53.8 Å². The number of fused-ring (bicyclic) bond motifs is 1. The SMILES string of the molecule is C=CCn1c(=NC(=O)/C=C/c2ccccc2)sc2cccc(OC)c21. The molecule has 3 rings (SSSR count). The van der Waals surface area contributed by atoms with Gasteiger partial charge in [0.05, 0.1) is 11.8 Å². The van der Waals surface area contributed by atoms with Gasteiger partial charge in [0.1, 0.15) is 11.3 Å². The van der Waals surface area contributed by atoms with Gasteiger partial charge in [-0.05, 0) is 23.8 Å². The van der Waals surface area contributed by atoms with Crippen molar-refractivity contribution in [3.05, 3.63) is 77.6 Å². The summed E-state index contributed by atoms with van der Waals surface area (Å²) in [5.41, 5.74) is 1.89. The van der Waals surface area contributed by atoms with Crippen LogP contribution in [-0.2, 0) is 11.3 Å². The number of benzene rings is 2. The molecule has 5 heteroatoms. The van der Waals surface area contributed by atoms with Crippen molar-refractivity contribution in [1.29, 1.82) is 0 Å². The van der Waals surface area contributed by atoms with E-state index >= 15 is 0 Å². The Kier molecular flexibility index (Phi) is 5.26. The maximum Gasteiger partial charge on any atom is 0.272 e. The lowest BCUT2D eigenvalue weighted by molar-refractivity contribution is -0.113. The highest BCUT2D eigenvalue weighted by Crippen LogP contribution is 2.27. The molecule has 0 N–H and O–H groups in total. The van der Waals surface area contributed by atoms with Crippen molar-refractivity contribution >= 4 is 33.5 Å². The molecule has 1 amide bonds. The second-order valence-electron chi connectivity index (χ2n) is 5.28. The molecule has 1 heterocycles. The highest BCUT2D eigenvalue weighted by Gasteiger charge is 2.10. The molecular weight excluding hydrogens is 332 g/mol. The molecule has 0 fully saturated rings. The first kappa shape index (κ1) is 16.9. The molecule has 4 nitrogen and oxygen atoms in total. The molecule has 0 atom stereocenters. The molecule has 0 spiro atoms. The van der Waals surface area contributed by atoms with Gasteiger partial charge in [-0.2, -0.15) is 4.99 Å². The van der Waals surface area contributed by atoms with E-state index < -0.39 is 0 Å². The van der Waals surface area contributed by atoms with E-state index in [0.29, 0.717) is 11.3 Å². The molecule has 0 aliphatic rings. The molecule has 2 aromatic carbocycles. The summed E-state index contributed by atoms with van der Waals surface area (Å²) in [5, 5.41) is 0. The number of ether oxygens (including phenoxy) is 1. The van der Waals surface area contributed by atoms with Crippen LogP contribution in [0.5, 0.6) is 5.75 Å². The minimum Gasteiger partial charge on any atom is -0.495 e. The number of para-hydroxylation sites is 1. The van der Waals surface area contributed by atoms with Gasteiger partial charge in [-0.3, -0.25) is 4.79 Å². The lowest BCUT2D eigenvalue weighted by Crippen LogP contribution is -2.15. The first-order valence-electron chi connectivity index (χ1n) is 7.82. The third-order valence-electron chi connectivity index (χ3n) is 3.62. The third-order valence-corrected chi connectivity index (χ3v) is 4.66. The largest absolute Gasteiger partial charge is 0.495 e. The fourth-order valence-electron chi connectivity index (χ4n) is 2.51. The number of nitrogens with zero attached hydrogens (tertiary/aromatic N) is 2. The summed E-state index contributed by atoms with van der Waals surface area (Å²) < 4.78 is 8.41. The molecular formula is C20H18N2O2S. The van der Waals surface area contributed by atoms with Crippen LogP contribution in [0.4, 0.5) is 0 Å². The number of rotatable bonds is 5.